The molecule has 7 heterocycles. The lowest BCUT2D eigenvalue weighted by atomic mass is 9.90. The third-order valence-corrected chi connectivity index (χ3v) is 15.4. The molecule has 0 bridgehead atoms. The number of rotatable bonds is 11. The Hall–Kier alpha value is -6.27. The first-order chi connectivity index (χ1) is 31.9. The summed E-state index contributed by atoms with van der Waals surface area (Å²) in [6.07, 6.45) is 8.83. The zero-order valence-corrected chi connectivity index (χ0v) is 38.0. The second kappa shape index (κ2) is 18.2. The summed E-state index contributed by atoms with van der Waals surface area (Å²) in [6.45, 7) is 6.78. The van der Waals surface area contributed by atoms with Gasteiger partial charge in [0, 0.05) is 95.4 Å². The maximum absolute atomic E-state index is 15.8. The first kappa shape index (κ1) is 43.6. The number of H-pyrrole nitrogens is 1. The van der Waals surface area contributed by atoms with E-state index in [2.05, 4.69) is 52.8 Å². The molecule has 0 spiro atoms. The fourth-order valence-electron chi connectivity index (χ4n) is 10.6. The molecular formula is C48H56FN11O5S. The number of carbonyl (C=O) groups excluding carboxylic acids is 3. The van der Waals surface area contributed by atoms with Crippen molar-refractivity contribution in [3.05, 3.63) is 89.9 Å². The van der Waals surface area contributed by atoms with Gasteiger partial charge < -0.3 is 30.3 Å². The molecule has 5 aliphatic rings. The summed E-state index contributed by atoms with van der Waals surface area (Å²) in [7, 11) is -3.48. The summed E-state index contributed by atoms with van der Waals surface area (Å²) in [5.74, 6) is 0.302. The van der Waals surface area contributed by atoms with Crippen LogP contribution in [0.4, 0.5) is 44.6 Å². The largest absolute Gasteiger partial charge is 0.372 e. The van der Waals surface area contributed by atoms with E-state index in [4.69, 9.17) is 4.98 Å². The number of carbonyl (C=O) groups is 3. The summed E-state index contributed by atoms with van der Waals surface area (Å²) < 4.78 is 42.5. The minimum absolute atomic E-state index is 0.203. The highest BCUT2D eigenvalue weighted by atomic mass is 32.2. The van der Waals surface area contributed by atoms with Crippen LogP contribution in [0.15, 0.2) is 72.9 Å². The molecule has 346 valence electrons. The van der Waals surface area contributed by atoms with Crippen LogP contribution in [-0.4, -0.2) is 122 Å². The van der Waals surface area contributed by atoms with Crippen molar-refractivity contribution in [3.8, 4) is 0 Å². The van der Waals surface area contributed by atoms with Crippen LogP contribution in [0.2, 0.25) is 0 Å². The van der Waals surface area contributed by atoms with Gasteiger partial charge in [0.1, 0.15) is 17.3 Å². The lowest BCUT2D eigenvalue weighted by Gasteiger charge is -2.43. The number of sulfonamides is 1. The third-order valence-electron chi connectivity index (χ3n) is 14.2. The standard InChI is InChI=1S/C48H56FN11O5S/c1-66(64,65)60-24-16-33-3-2-4-40(44(33)60)52-46-38-13-19-50-45(38)54-48(55-46)51-34-7-11-41(39(49)30-34)58-22-17-36(18-23-58)57-25-27-59(28-26-57)43(62)29-31-14-20-56(21-15-31)35-8-5-32(6-9-35)37-10-12-42(61)53-47(37)63/h2-9,11,13,19,30-31,36-37H,10,12,14-18,20-29H2,1H3,(H,53,61,63)(H3,50,51,52,54,55). The minimum Gasteiger partial charge on any atom is -0.372 e. The molecule has 4 saturated heterocycles. The van der Waals surface area contributed by atoms with E-state index in [-0.39, 0.29) is 35.4 Å². The fraction of sp³-hybridized carbons (Fsp3) is 0.438. The van der Waals surface area contributed by atoms with E-state index >= 15 is 4.39 Å². The zero-order valence-electron chi connectivity index (χ0n) is 37.1. The predicted octanol–water partition coefficient (Wildman–Crippen LogP) is 5.85. The smallest absolute Gasteiger partial charge is 0.234 e. The number of anilines is 7. The van der Waals surface area contributed by atoms with Crippen molar-refractivity contribution >= 4 is 79.0 Å². The van der Waals surface area contributed by atoms with E-state index in [9.17, 15) is 22.8 Å². The maximum atomic E-state index is 15.8. The van der Waals surface area contributed by atoms with Crippen LogP contribution in [0.5, 0.6) is 0 Å². The van der Waals surface area contributed by atoms with Crippen molar-refractivity contribution < 1.29 is 27.2 Å². The van der Waals surface area contributed by atoms with E-state index in [0.29, 0.717) is 78.4 Å². The van der Waals surface area contributed by atoms with Crippen molar-refractivity contribution in [2.45, 2.75) is 63.3 Å². The molecule has 66 heavy (non-hydrogen) atoms. The van der Waals surface area contributed by atoms with Crippen molar-refractivity contribution in [3.63, 3.8) is 0 Å². The van der Waals surface area contributed by atoms with E-state index in [0.717, 1.165) is 100 Å². The van der Waals surface area contributed by atoms with E-state index in [1.165, 1.54) is 16.6 Å². The van der Waals surface area contributed by atoms with Crippen LogP contribution in [0, 0.1) is 11.7 Å². The van der Waals surface area contributed by atoms with Gasteiger partial charge in [0.15, 0.2) is 0 Å². The SMILES string of the molecule is CS(=O)(=O)N1CCc2cccc(Nc3nc(Nc4ccc(N5CCC(N6CCN(C(=O)CC7CCN(c8ccc(C9CCC(=O)NC9=O)cc8)CC7)CC6)CC5)c(F)c4)nc4[nH]ccc34)c21. The number of nitrogens with one attached hydrogen (secondary N) is 4. The Morgan fingerprint density at radius 2 is 1.58 bits per heavy atom. The Labute approximate surface area is 384 Å². The van der Waals surface area contributed by atoms with Gasteiger partial charge in [0.25, 0.3) is 0 Å². The number of para-hydroxylation sites is 1. The molecule has 4 N–H and O–H groups in total. The number of piperidine rings is 3. The highest BCUT2D eigenvalue weighted by Crippen LogP contribution is 2.40. The molecule has 0 saturated carbocycles. The van der Waals surface area contributed by atoms with E-state index in [1.54, 1.807) is 12.3 Å². The molecule has 18 heteroatoms. The van der Waals surface area contributed by atoms with Gasteiger partial charge in [-0.1, -0.05) is 24.3 Å². The lowest BCUT2D eigenvalue weighted by molar-refractivity contribution is -0.135. The van der Waals surface area contributed by atoms with Crippen LogP contribution in [0.25, 0.3) is 11.0 Å². The van der Waals surface area contributed by atoms with E-state index < -0.39 is 10.0 Å². The number of halogens is 1. The Bertz CT molecular complexity index is 2740. The van der Waals surface area contributed by atoms with Crippen molar-refractivity contribution in [2.24, 2.45) is 5.92 Å². The molecule has 10 rings (SSSR count). The first-order valence-electron chi connectivity index (χ1n) is 23.2. The van der Waals surface area contributed by atoms with Crippen LogP contribution in [0.3, 0.4) is 0 Å². The minimum atomic E-state index is -3.48. The summed E-state index contributed by atoms with van der Waals surface area (Å²) >= 11 is 0. The number of hydrogen-bond donors (Lipinski definition) is 4. The number of imide groups is 1. The summed E-state index contributed by atoms with van der Waals surface area (Å²) in [6, 6.07) is 21.1. The van der Waals surface area contributed by atoms with Gasteiger partial charge in [-0.25, -0.2) is 12.8 Å². The number of piperazine rings is 1. The predicted molar refractivity (Wildman–Crippen MR) is 254 cm³/mol. The zero-order chi connectivity index (χ0) is 45.5. The van der Waals surface area contributed by atoms with Crippen molar-refractivity contribution in [1.82, 2.24) is 30.1 Å². The number of amides is 3. The number of hydrogen-bond acceptors (Lipinski definition) is 12. The van der Waals surface area contributed by atoms with Crippen LogP contribution in [-0.2, 0) is 30.8 Å². The molecule has 5 aromatic rings. The number of nitrogens with zero attached hydrogens (tertiary/aromatic N) is 7. The molecule has 3 aromatic carbocycles. The molecule has 3 amide bonds. The molecule has 1 atom stereocenters. The molecule has 0 radical (unpaired) electrons. The topological polar surface area (TPSA) is 179 Å². The summed E-state index contributed by atoms with van der Waals surface area (Å²) in [5.41, 5.74) is 5.85. The van der Waals surface area contributed by atoms with Gasteiger partial charge in [-0.2, -0.15) is 9.97 Å². The maximum Gasteiger partial charge on any atom is 0.234 e. The lowest BCUT2D eigenvalue weighted by Crippen LogP contribution is -2.54. The van der Waals surface area contributed by atoms with Gasteiger partial charge >= 0.3 is 0 Å². The second-order valence-electron chi connectivity index (χ2n) is 18.3. The second-order valence-corrected chi connectivity index (χ2v) is 20.2. The average molecular weight is 918 g/mol. The van der Waals surface area contributed by atoms with E-state index in [1.807, 2.05) is 47.4 Å². The Morgan fingerprint density at radius 3 is 2.30 bits per heavy atom. The molecule has 1 unspecified atom stereocenters. The van der Waals surface area contributed by atoms with Gasteiger partial charge in [0.05, 0.1) is 34.6 Å². The molecule has 0 aliphatic carbocycles. The summed E-state index contributed by atoms with van der Waals surface area (Å²) in [5, 5.41) is 9.70. The van der Waals surface area contributed by atoms with Gasteiger partial charge in [-0.15, -0.1) is 0 Å². The number of aromatic nitrogens is 3. The number of fused-ring (bicyclic) bond motifs is 2. The molecular weight excluding hydrogens is 862 g/mol. The monoisotopic (exact) mass is 917 g/mol. The Kier molecular flexibility index (Phi) is 12.0. The van der Waals surface area contributed by atoms with Gasteiger partial charge in [-0.3, -0.25) is 28.9 Å². The fourth-order valence-corrected chi connectivity index (χ4v) is 11.5. The molecule has 2 aromatic heterocycles. The molecule has 4 fully saturated rings. The number of aromatic amines is 1. The van der Waals surface area contributed by atoms with Gasteiger partial charge in [0.2, 0.25) is 33.7 Å². The molecule has 5 aliphatic heterocycles. The van der Waals surface area contributed by atoms with Crippen LogP contribution < -0.4 is 30.1 Å². The van der Waals surface area contributed by atoms with Crippen molar-refractivity contribution in [2.75, 3.05) is 89.9 Å². The van der Waals surface area contributed by atoms with Crippen LogP contribution in [0.1, 0.15) is 62.0 Å². The summed E-state index contributed by atoms with van der Waals surface area (Å²) in [4.78, 5) is 58.8. The highest BCUT2D eigenvalue weighted by molar-refractivity contribution is 7.92. The highest BCUT2D eigenvalue weighted by Gasteiger charge is 2.33. The van der Waals surface area contributed by atoms with Crippen molar-refractivity contribution in [1.29, 1.82) is 0 Å². The van der Waals surface area contributed by atoms with Crippen LogP contribution >= 0.6 is 0 Å². The average Bonchev–Trinajstić information content (AvgIpc) is 3.99. The van der Waals surface area contributed by atoms with Gasteiger partial charge in [-0.05, 0) is 98.0 Å². The Morgan fingerprint density at radius 1 is 0.818 bits per heavy atom. The first-order valence-corrected chi connectivity index (χ1v) is 25.0. The molecule has 16 nitrogen and oxygen atoms in total. The normalized spacial score (nSPS) is 20.2. The Balaban J connectivity index is 0.683. The quantitative estimate of drug-likeness (QED) is 0.117. The number of benzene rings is 3. The third kappa shape index (κ3) is 9.12.